The van der Waals surface area contributed by atoms with Crippen LogP contribution in [-0.2, 0) is 0 Å². The Balaban J connectivity index is 1.72. The summed E-state index contributed by atoms with van der Waals surface area (Å²) < 4.78 is 6.63. The zero-order chi connectivity index (χ0) is 20.4. The summed E-state index contributed by atoms with van der Waals surface area (Å²) in [5.74, 6) is 0.861. The van der Waals surface area contributed by atoms with Crippen molar-refractivity contribution in [2.45, 2.75) is 20.8 Å². The van der Waals surface area contributed by atoms with Gasteiger partial charge in [-0.1, -0.05) is 12.1 Å². The van der Waals surface area contributed by atoms with Gasteiger partial charge in [0, 0.05) is 17.1 Å². The minimum absolute atomic E-state index is 0.608. The Morgan fingerprint density at radius 3 is 2.38 bits per heavy atom. The minimum atomic E-state index is 0.608. The molecular weight excluding hydrogens is 378 g/mol. The van der Waals surface area contributed by atoms with Gasteiger partial charge in [-0.3, -0.25) is 0 Å². The van der Waals surface area contributed by atoms with E-state index in [1.165, 1.54) is 0 Å². The lowest BCUT2D eigenvalue weighted by Crippen LogP contribution is -2.21. The predicted molar refractivity (Wildman–Crippen MR) is 120 cm³/mol. The summed E-state index contributed by atoms with van der Waals surface area (Å²) in [6.07, 6.45) is 4.10. The molecule has 0 fully saturated rings. The number of hydrogen-bond donors (Lipinski definition) is 0. The first kappa shape index (κ1) is 19.0. The first-order valence-corrected chi connectivity index (χ1v) is 10.3. The van der Waals surface area contributed by atoms with Crippen LogP contribution in [0.2, 0.25) is 0 Å². The van der Waals surface area contributed by atoms with Crippen molar-refractivity contribution >= 4 is 32.8 Å². The predicted octanol–water partition coefficient (Wildman–Crippen LogP) is 6.30. The van der Waals surface area contributed by atoms with Gasteiger partial charge in [-0.15, -0.1) is 11.3 Å². The molecule has 1 aliphatic heterocycles. The van der Waals surface area contributed by atoms with Gasteiger partial charge in [0.1, 0.15) is 16.8 Å². The van der Waals surface area contributed by atoms with E-state index in [-0.39, 0.29) is 0 Å². The number of allylic oxidation sites excluding steroid dienone is 6. The number of fused-ring (bicyclic) bond motifs is 1. The number of para-hydroxylation sites is 1. The van der Waals surface area contributed by atoms with Gasteiger partial charge in [-0.05, 0) is 74.9 Å². The molecule has 0 bridgehead atoms. The topological polar surface area (TPSA) is 49.1 Å². The Labute approximate surface area is 174 Å². The van der Waals surface area contributed by atoms with Crippen LogP contribution < -0.4 is 9.64 Å². The molecule has 144 valence electrons. The summed E-state index contributed by atoms with van der Waals surface area (Å²) in [7, 11) is 0. The first-order valence-electron chi connectivity index (χ1n) is 9.50. The average molecular weight is 400 g/mol. The van der Waals surface area contributed by atoms with Gasteiger partial charge in [0.05, 0.1) is 22.4 Å². The number of aromatic nitrogens is 1. The maximum Gasteiger partial charge on any atom is 0.135 e. The molecule has 29 heavy (non-hydrogen) atoms. The molecule has 0 unspecified atom stereocenters. The van der Waals surface area contributed by atoms with E-state index in [9.17, 15) is 5.26 Å². The fourth-order valence-electron chi connectivity index (χ4n) is 3.52. The summed E-state index contributed by atoms with van der Waals surface area (Å²) >= 11 is 1.55. The fraction of sp³-hybridized carbons (Fsp3) is 0.167. The van der Waals surface area contributed by atoms with E-state index in [4.69, 9.17) is 4.74 Å². The number of benzene rings is 2. The molecule has 0 amide bonds. The van der Waals surface area contributed by atoms with Gasteiger partial charge in [0.15, 0.2) is 0 Å². The second-order valence-corrected chi connectivity index (χ2v) is 7.79. The van der Waals surface area contributed by atoms with Crippen LogP contribution in [0.5, 0.6) is 5.75 Å². The number of nitriles is 1. The van der Waals surface area contributed by atoms with Gasteiger partial charge in [-0.2, -0.15) is 5.26 Å². The lowest BCUT2D eigenvalue weighted by molar-refractivity contribution is 0.340. The quantitative estimate of drug-likeness (QED) is 0.483. The number of hydrogen-bond acceptors (Lipinski definition) is 5. The fourth-order valence-corrected chi connectivity index (χ4v) is 4.51. The summed E-state index contributed by atoms with van der Waals surface area (Å²) in [4.78, 5) is 6.84. The lowest BCUT2D eigenvalue weighted by Gasteiger charge is -2.30. The molecule has 2 aromatic carbocycles. The van der Waals surface area contributed by atoms with Crippen molar-refractivity contribution in [3.05, 3.63) is 82.7 Å². The van der Waals surface area contributed by atoms with E-state index >= 15 is 0 Å². The number of thiazole rings is 1. The van der Waals surface area contributed by atoms with Gasteiger partial charge < -0.3 is 9.64 Å². The van der Waals surface area contributed by atoms with Crippen LogP contribution in [0.25, 0.3) is 15.8 Å². The van der Waals surface area contributed by atoms with Crippen LogP contribution in [-0.4, -0.2) is 11.6 Å². The number of anilines is 1. The lowest BCUT2D eigenvalue weighted by atomic mass is 10.0. The highest BCUT2D eigenvalue weighted by molar-refractivity contribution is 7.19. The third-order valence-electron chi connectivity index (χ3n) is 4.75. The van der Waals surface area contributed by atoms with Gasteiger partial charge >= 0.3 is 0 Å². The highest BCUT2D eigenvalue weighted by atomic mass is 32.1. The molecule has 3 aromatic rings. The number of nitrogens with zero attached hydrogens (tertiary/aromatic N) is 3. The maximum absolute atomic E-state index is 9.87. The maximum atomic E-state index is 9.87. The van der Waals surface area contributed by atoms with Crippen molar-refractivity contribution in [1.29, 1.82) is 5.26 Å². The molecule has 1 aliphatic rings. The highest BCUT2D eigenvalue weighted by Gasteiger charge is 2.19. The second-order valence-electron chi connectivity index (χ2n) is 6.76. The van der Waals surface area contributed by atoms with Crippen LogP contribution in [0.4, 0.5) is 5.69 Å². The molecule has 0 saturated heterocycles. The Bertz CT molecular complexity index is 1140. The number of rotatable bonds is 4. The normalized spacial score (nSPS) is 13.7. The Morgan fingerprint density at radius 2 is 1.76 bits per heavy atom. The standard InChI is InChI=1S/C24H21N3OS/c1-4-28-20-11-9-19(10-12-20)27-16(2)13-18(14-17(27)3)21(15-25)24-26-22-7-5-6-8-23(22)29-24/h5-14H,4H2,1-3H3. The Morgan fingerprint density at radius 1 is 1.07 bits per heavy atom. The molecular formula is C24H21N3OS. The van der Waals surface area contributed by atoms with Crippen molar-refractivity contribution < 1.29 is 4.74 Å². The highest BCUT2D eigenvalue weighted by Crippen LogP contribution is 2.35. The molecule has 5 heteroatoms. The van der Waals surface area contributed by atoms with Crippen LogP contribution in [0.3, 0.4) is 0 Å². The van der Waals surface area contributed by atoms with Crippen LogP contribution in [0.15, 0.2) is 77.7 Å². The van der Waals surface area contributed by atoms with E-state index < -0.39 is 0 Å². The number of ether oxygens (including phenoxy) is 1. The van der Waals surface area contributed by atoms with Crippen molar-refractivity contribution in [1.82, 2.24) is 4.98 Å². The Hall–Kier alpha value is -3.36. The molecule has 1 aromatic heterocycles. The van der Waals surface area contributed by atoms with Gasteiger partial charge in [0.2, 0.25) is 0 Å². The van der Waals surface area contributed by atoms with E-state index in [1.807, 2.05) is 67.6 Å². The molecule has 0 saturated carbocycles. The largest absolute Gasteiger partial charge is 0.494 e. The van der Waals surface area contributed by atoms with E-state index in [1.54, 1.807) is 11.3 Å². The summed E-state index contributed by atoms with van der Waals surface area (Å²) in [6.45, 7) is 6.74. The zero-order valence-electron chi connectivity index (χ0n) is 16.6. The van der Waals surface area contributed by atoms with Crippen molar-refractivity contribution in [3.63, 3.8) is 0 Å². The van der Waals surface area contributed by atoms with Gasteiger partial charge in [0.25, 0.3) is 0 Å². The summed E-state index contributed by atoms with van der Waals surface area (Å²) in [5, 5.41) is 10.6. The monoisotopic (exact) mass is 399 g/mol. The third-order valence-corrected chi connectivity index (χ3v) is 5.80. The molecule has 4 nitrogen and oxygen atoms in total. The molecule has 0 spiro atoms. The molecule has 0 aliphatic carbocycles. The Kier molecular flexibility index (Phi) is 5.20. The van der Waals surface area contributed by atoms with E-state index in [2.05, 4.69) is 29.8 Å². The first-order chi connectivity index (χ1) is 14.1. The van der Waals surface area contributed by atoms with E-state index in [0.29, 0.717) is 12.2 Å². The third kappa shape index (κ3) is 3.67. The molecule has 4 rings (SSSR count). The van der Waals surface area contributed by atoms with Crippen molar-refractivity contribution in [2.24, 2.45) is 0 Å². The van der Waals surface area contributed by atoms with Crippen LogP contribution in [0.1, 0.15) is 25.8 Å². The SMILES string of the molecule is CCOc1ccc(N2C(C)=CC(=C(C#N)c3nc4ccccc4s3)C=C2C)cc1. The van der Waals surface area contributed by atoms with Crippen molar-refractivity contribution in [3.8, 4) is 11.8 Å². The van der Waals surface area contributed by atoms with Gasteiger partial charge in [-0.25, -0.2) is 4.98 Å². The minimum Gasteiger partial charge on any atom is -0.494 e. The molecule has 0 radical (unpaired) electrons. The van der Waals surface area contributed by atoms with Crippen molar-refractivity contribution in [2.75, 3.05) is 11.5 Å². The molecule has 0 N–H and O–H groups in total. The van der Waals surface area contributed by atoms with Crippen LogP contribution in [0, 0.1) is 11.3 Å². The smallest absolute Gasteiger partial charge is 0.135 e. The zero-order valence-corrected chi connectivity index (χ0v) is 17.5. The summed E-state index contributed by atoms with van der Waals surface area (Å²) in [6, 6.07) is 18.4. The second kappa shape index (κ2) is 7.94. The van der Waals surface area contributed by atoms with E-state index in [0.717, 1.165) is 43.6 Å². The summed E-state index contributed by atoms with van der Waals surface area (Å²) in [5.41, 5.74) is 5.60. The van der Waals surface area contributed by atoms with Crippen LogP contribution >= 0.6 is 11.3 Å². The average Bonchev–Trinajstić information content (AvgIpc) is 3.13. The molecule has 0 atom stereocenters. The molecule has 2 heterocycles.